The quantitative estimate of drug-likeness (QED) is 0.505. The number of nitrogens with two attached hydrogens (primary N) is 2. The lowest BCUT2D eigenvalue weighted by Gasteiger charge is -2.32. The average Bonchev–Trinajstić information content (AvgIpc) is 2.28. The highest BCUT2D eigenvalue weighted by Gasteiger charge is 2.37. The van der Waals surface area contributed by atoms with Gasteiger partial charge >= 0.3 is 5.97 Å². The summed E-state index contributed by atoms with van der Waals surface area (Å²) in [5.74, 6) is -2.59. The number of carboxylic acids is 1. The molecule has 102 valence electrons. The molecule has 0 aromatic heterocycles. The maximum Gasteiger partial charge on any atom is 0.326 e. The molecule has 0 spiro atoms. The third-order valence-corrected chi connectivity index (χ3v) is 3.21. The standard InChI is InChI=1S/C11H19N3O4/c12-8(15)6-7(9(16)17)14-10(18)11(13)4-2-1-3-5-11/h7H,1-6,13H2,(H2,12,15)(H,14,18)(H,16,17)/t7-/m0/s1. The number of nitrogens with one attached hydrogen (secondary N) is 1. The third kappa shape index (κ3) is 3.69. The molecule has 1 rings (SSSR count). The minimum absolute atomic E-state index is 0.433. The molecule has 0 unspecified atom stereocenters. The van der Waals surface area contributed by atoms with E-state index in [1.807, 2.05) is 0 Å². The maximum absolute atomic E-state index is 12.0. The highest BCUT2D eigenvalue weighted by atomic mass is 16.4. The number of carbonyl (C=O) groups is 3. The summed E-state index contributed by atoms with van der Waals surface area (Å²) in [6.07, 6.45) is 3.34. The van der Waals surface area contributed by atoms with Crippen LogP contribution in [0.15, 0.2) is 0 Å². The lowest BCUT2D eigenvalue weighted by molar-refractivity contribution is -0.144. The Balaban J connectivity index is 2.65. The van der Waals surface area contributed by atoms with Crippen molar-refractivity contribution in [3.63, 3.8) is 0 Å². The topological polar surface area (TPSA) is 136 Å². The first-order valence-corrected chi connectivity index (χ1v) is 5.96. The van der Waals surface area contributed by atoms with Crippen molar-refractivity contribution in [3.8, 4) is 0 Å². The summed E-state index contributed by atoms with van der Waals surface area (Å²) in [5.41, 5.74) is 9.87. The summed E-state index contributed by atoms with van der Waals surface area (Å²) in [5, 5.41) is 11.2. The third-order valence-electron chi connectivity index (χ3n) is 3.21. The fourth-order valence-electron chi connectivity index (χ4n) is 2.11. The van der Waals surface area contributed by atoms with Gasteiger partial charge < -0.3 is 21.9 Å². The highest BCUT2D eigenvalue weighted by Crippen LogP contribution is 2.26. The van der Waals surface area contributed by atoms with E-state index in [-0.39, 0.29) is 0 Å². The fraction of sp³-hybridized carbons (Fsp3) is 0.727. The molecule has 0 radical (unpaired) electrons. The SMILES string of the molecule is NC(=O)C[C@H](NC(=O)C1(N)CCCCC1)C(=O)O. The molecule has 1 atom stereocenters. The fourth-order valence-corrected chi connectivity index (χ4v) is 2.11. The zero-order valence-electron chi connectivity index (χ0n) is 10.1. The summed E-state index contributed by atoms with van der Waals surface area (Å²) in [6, 6.07) is -1.31. The number of hydrogen-bond acceptors (Lipinski definition) is 4. The molecule has 1 fully saturated rings. The first-order valence-electron chi connectivity index (χ1n) is 5.96. The van der Waals surface area contributed by atoms with Crippen LogP contribution in [0.2, 0.25) is 0 Å². The second-order valence-electron chi connectivity index (χ2n) is 4.75. The van der Waals surface area contributed by atoms with E-state index < -0.39 is 35.8 Å². The van der Waals surface area contributed by atoms with E-state index in [1.54, 1.807) is 0 Å². The van der Waals surface area contributed by atoms with Crippen LogP contribution in [-0.2, 0) is 14.4 Å². The Morgan fingerprint density at radius 2 is 1.78 bits per heavy atom. The second-order valence-corrected chi connectivity index (χ2v) is 4.75. The monoisotopic (exact) mass is 257 g/mol. The first kappa shape index (κ1) is 14.4. The maximum atomic E-state index is 12.0. The lowest BCUT2D eigenvalue weighted by atomic mass is 9.81. The molecule has 2 amide bonds. The van der Waals surface area contributed by atoms with Crippen LogP contribution < -0.4 is 16.8 Å². The average molecular weight is 257 g/mol. The van der Waals surface area contributed by atoms with Crippen molar-refractivity contribution in [2.45, 2.75) is 50.1 Å². The van der Waals surface area contributed by atoms with Crippen LogP contribution in [0.4, 0.5) is 0 Å². The number of primary amides is 1. The molecule has 0 saturated heterocycles. The van der Waals surface area contributed by atoms with E-state index in [0.29, 0.717) is 12.8 Å². The van der Waals surface area contributed by atoms with Crippen LogP contribution in [0.5, 0.6) is 0 Å². The van der Waals surface area contributed by atoms with E-state index in [0.717, 1.165) is 19.3 Å². The van der Waals surface area contributed by atoms with Gasteiger partial charge in [-0.15, -0.1) is 0 Å². The minimum Gasteiger partial charge on any atom is -0.480 e. The van der Waals surface area contributed by atoms with Crippen molar-refractivity contribution < 1.29 is 19.5 Å². The Labute approximate surface area is 105 Å². The molecule has 1 aliphatic carbocycles. The molecular formula is C11H19N3O4. The lowest BCUT2D eigenvalue weighted by Crippen LogP contribution is -2.58. The summed E-state index contributed by atoms with van der Waals surface area (Å²) >= 11 is 0. The van der Waals surface area contributed by atoms with Gasteiger partial charge in [-0.2, -0.15) is 0 Å². The Kier molecular flexibility index (Phi) is 4.66. The molecule has 0 aromatic rings. The smallest absolute Gasteiger partial charge is 0.326 e. The number of aliphatic carboxylic acids is 1. The van der Waals surface area contributed by atoms with Gasteiger partial charge in [0.15, 0.2) is 0 Å². The van der Waals surface area contributed by atoms with Gasteiger partial charge in [-0.1, -0.05) is 19.3 Å². The van der Waals surface area contributed by atoms with Gasteiger partial charge in [0.1, 0.15) is 6.04 Å². The zero-order chi connectivity index (χ0) is 13.8. The number of rotatable bonds is 5. The predicted octanol–water partition coefficient (Wildman–Crippen LogP) is -0.907. The molecule has 1 aliphatic rings. The van der Waals surface area contributed by atoms with Crippen molar-refractivity contribution >= 4 is 17.8 Å². The van der Waals surface area contributed by atoms with Crippen molar-refractivity contribution in [2.24, 2.45) is 11.5 Å². The first-order chi connectivity index (χ1) is 8.35. The molecule has 0 heterocycles. The van der Waals surface area contributed by atoms with E-state index in [4.69, 9.17) is 16.6 Å². The molecule has 7 nitrogen and oxygen atoms in total. The van der Waals surface area contributed by atoms with Gasteiger partial charge in [-0.05, 0) is 12.8 Å². The van der Waals surface area contributed by atoms with Crippen LogP contribution >= 0.6 is 0 Å². The number of amides is 2. The van der Waals surface area contributed by atoms with Gasteiger partial charge in [0.25, 0.3) is 0 Å². The molecular weight excluding hydrogens is 238 g/mol. The highest BCUT2D eigenvalue weighted by molar-refractivity contribution is 5.92. The number of hydrogen-bond donors (Lipinski definition) is 4. The Morgan fingerprint density at radius 1 is 1.22 bits per heavy atom. The zero-order valence-corrected chi connectivity index (χ0v) is 10.1. The van der Waals surface area contributed by atoms with E-state index >= 15 is 0 Å². The Hall–Kier alpha value is -1.63. The van der Waals surface area contributed by atoms with Crippen molar-refractivity contribution in [2.75, 3.05) is 0 Å². The normalized spacial score (nSPS) is 19.8. The molecule has 0 aromatic carbocycles. The number of carbonyl (C=O) groups excluding carboxylic acids is 2. The van der Waals surface area contributed by atoms with Crippen LogP contribution in [0.3, 0.4) is 0 Å². The van der Waals surface area contributed by atoms with E-state index in [9.17, 15) is 14.4 Å². The molecule has 7 heteroatoms. The van der Waals surface area contributed by atoms with Crippen molar-refractivity contribution in [1.82, 2.24) is 5.32 Å². The Bertz CT molecular complexity index is 350. The second kappa shape index (κ2) is 5.81. The summed E-state index contributed by atoms with van der Waals surface area (Å²) in [4.78, 5) is 33.6. The predicted molar refractivity (Wildman–Crippen MR) is 63.4 cm³/mol. The van der Waals surface area contributed by atoms with Gasteiger partial charge in [0, 0.05) is 0 Å². The van der Waals surface area contributed by atoms with Gasteiger partial charge in [-0.25, -0.2) is 4.79 Å². The van der Waals surface area contributed by atoms with Crippen molar-refractivity contribution in [1.29, 1.82) is 0 Å². The Morgan fingerprint density at radius 3 is 2.22 bits per heavy atom. The summed E-state index contributed by atoms with van der Waals surface area (Å²) < 4.78 is 0. The van der Waals surface area contributed by atoms with Gasteiger partial charge in [0.2, 0.25) is 11.8 Å². The van der Waals surface area contributed by atoms with E-state index in [2.05, 4.69) is 5.32 Å². The summed E-state index contributed by atoms with van der Waals surface area (Å²) in [6.45, 7) is 0. The van der Waals surface area contributed by atoms with Gasteiger partial charge in [-0.3, -0.25) is 9.59 Å². The van der Waals surface area contributed by atoms with Crippen LogP contribution in [0, 0.1) is 0 Å². The molecule has 18 heavy (non-hydrogen) atoms. The van der Waals surface area contributed by atoms with Crippen LogP contribution in [0.1, 0.15) is 38.5 Å². The molecule has 1 saturated carbocycles. The molecule has 0 bridgehead atoms. The van der Waals surface area contributed by atoms with E-state index in [1.165, 1.54) is 0 Å². The minimum atomic E-state index is -1.31. The molecule has 6 N–H and O–H groups in total. The molecule has 0 aliphatic heterocycles. The largest absolute Gasteiger partial charge is 0.480 e. The van der Waals surface area contributed by atoms with Crippen molar-refractivity contribution in [3.05, 3.63) is 0 Å². The van der Waals surface area contributed by atoms with Crippen LogP contribution in [-0.4, -0.2) is 34.5 Å². The van der Waals surface area contributed by atoms with Gasteiger partial charge in [0.05, 0.1) is 12.0 Å². The summed E-state index contributed by atoms with van der Waals surface area (Å²) in [7, 11) is 0. The van der Waals surface area contributed by atoms with Crippen LogP contribution in [0.25, 0.3) is 0 Å². The number of carboxylic acid groups (broad SMARTS) is 1.